The first-order valence-corrected chi connectivity index (χ1v) is 11.4. The van der Waals surface area contributed by atoms with Crippen molar-refractivity contribution >= 4 is 45.6 Å². The van der Waals surface area contributed by atoms with Crippen molar-refractivity contribution in [2.45, 2.75) is 31.8 Å². The molecule has 1 aliphatic rings. The fourth-order valence-corrected chi connectivity index (χ4v) is 4.83. The van der Waals surface area contributed by atoms with Crippen LogP contribution in [-0.4, -0.2) is 39.9 Å². The molecule has 1 saturated heterocycles. The van der Waals surface area contributed by atoms with Crippen molar-refractivity contribution in [3.8, 4) is 11.3 Å². The molecular weight excluding hydrogens is 443 g/mol. The van der Waals surface area contributed by atoms with Gasteiger partial charge in [0.25, 0.3) is 0 Å². The molecule has 3 heterocycles. The maximum absolute atomic E-state index is 13.1. The van der Waals surface area contributed by atoms with E-state index in [0.29, 0.717) is 34.6 Å². The number of hydrogen-bond donors (Lipinski definition) is 0. The van der Waals surface area contributed by atoms with Gasteiger partial charge >= 0.3 is 0 Å². The molecule has 3 aromatic rings. The number of anilines is 1. The Hall–Kier alpha value is -1.93. The van der Waals surface area contributed by atoms with Gasteiger partial charge in [-0.2, -0.15) is 5.10 Å². The number of amides is 1. The van der Waals surface area contributed by atoms with Gasteiger partial charge in [0.05, 0.1) is 29.6 Å². The van der Waals surface area contributed by atoms with Crippen molar-refractivity contribution in [2.24, 2.45) is 7.05 Å². The minimum absolute atomic E-state index is 0.0254. The molecule has 1 aliphatic heterocycles. The number of carbonyl (C=O) groups is 1. The van der Waals surface area contributed by atoms with Crippen molar-refractivity contribution in [2.75, 3.05) is 18.1 Å². The highest BCUT2D eigenvalue weighted by atomic mass is 35.5. The number of aryl methyl sites for hydroxylation is 2. The van der Waals surface area contributed by atoms with Gasteiger partial charge in [0.15, 0.2) is 5.13 Å². The number of rotatable bonds is 7. The van der Waals surface area contributed by atoms with Crippen LogP contribution in [0.2, 0.25) is 10.0 Å². The zero-order valence-electron chi connectivity index (χ0n) is 16.6. The summed E-state index contributed by atoms with van der Waals surface area (Å²) in [5.74, 6) is 0.0254. The van der Waals surface area contributed by atoms with Crippen molar-refractivity contribution in [1.82, 2.24) is 14.8 Å². The Bertz CT molecular complexity index is 1030. The van der Waals surface area contributed by atoms with Crippen LogP contribution < -0.4 is 4.90 Å². The Morgan fingerprint density at radius 3 is 2.97 bits per heavy atom. The Morgan fingerprint density at radius 2 is 2.27 bits per heavy atom. The van der Waals surface area contributed by atoms with E-state index in [-0.39, 0.29) is 12.0 Å². The van der Waals surface area contributed by atoms with Crippen LogP contribution in [-0.2, 0) is 23.0 Å². The zero-order valence-corrected chi connectivity index (χ0v) is 18.9. The van der Waals surface area contributed by atoms with Crippen molar-refractivity contribution in [3.05, 3.63) is 51.6 Å². The molecule has 30 heavy (non-hydrogen) atoms. The Kier molecular flexibility index (Phi) is 6.73. The highest BCUT2D eigenvalue weighted by Crippen LogP contribution is 2.34. The maximum Gasteiger partial charge on any atom is 0.229 e. The second-order valence-corrected chi connectivity index (χ2v) is 8.98. The highest BCUT2D eigenvalue weighted by molar-refractivity contribution is 7.14. The van der Waals surface area contributed by atoms with Gasteiger partial charge in [0, 0.05) is 42.2 Å². The van der Waals surface area contributed by atoms with Crippen molar-refractivity contribution in [3.63, 3.8) is 0 Å². The van der Waals surface area contributed by atoms with E-state index in [1.807, 2.05) is 24.7 Å². The lowest BCUT2D eigenvalue weighted by Gasteiger charge is -2.23. The summed E-state index contributed by atoms with van der Waals surface area (Å²) >= 11 is 13.8. The molecule has 0 aliphatic carbocycles. The molecule has 158 valence electrons. The molecule has 9 heteroatoms. The molecule has 2 aromatic heterocycles. The second-order valence-electron chi connectivity index (χ2n) is 7.30. The highest BCUT2D eigenvalue weighted by Gasteiger charge is 2.26. The lowest BCUT2D eigenvalue weighted by atomic mass is 10.1. The van der Waals surface area contributed by atoms with Crippen LogP contribution in [0.4, 0.5) is 5.13 Å². The van der Waals surface area contributed by atoms with Crippen LogP contribution in [0.1, 0.15) is 24.8 Å². The van der Waals surface area contributed by atoms with Crippen LogP contribution in [0.3, 0.4) is 0 Å². The second kappa shape index (κ2) is 9.47. The Morgan fingerprint density at radius 1 is 1.40 bits per heavy atom. The predicted molar refractivity (Wildman–Crippen MR) is 120 cm³/mol. The number of hydrogen-bond acceptors (Lipinski definition) is 5. The molecule has 0 bridgehead atoms. The maximum atomic E-state index is 13.1. The Labute approximate surface area is 189 Å². The summed E-state index contributed by atoms with van der Waals surface area (Å²) in [6.07, 6.45) is 6.76. The summed E-state index contributed by atoms with van der Waals surface area (Å²) < 4.78 is 7.52. The predicted octanol–water partition coefficient (Wildman–Crippen LogP) is 5.00. The van der Waals surface area contributed by atoms with E-state index in [0.717, 1.165) is 36.3 Å². The molecule has 0 spiro atoms. The summed E-state index contributed by atoms with van der Waals surface area (Å²) in [4.78, 5) is 19.6. The lowest BCUT2D eigenvalue weighted by Crippen LogP contribution is -2.37. The molecule has 0 saturated carbocycles. The van der Waals surface area contributed by atoms with Crippen LogP contribution in [0.15, 0.2) is 36.0 Å². The quantitative estimate of drug-likeness (QED) is 0.493. The molecule has 1 atom stereocenters. The van der Waals surface area contributed by atoms with Gasteiger partial charge in [-0.05, 0) is 43.0 Å². The number of benzene rings is 1. The molecule has 1 amide bonds. The number of carbonyl (C=O) groups excluding carboxylic acids is 1. The van der Waals surface area contributed by atoms with Gasteiger partial charge in [-0.25, -0.2) is 4.98 Å². The number of ether oxygens (including phenoxy) is 1. The summed E-state index contributed by atoms with van der Waals surface area (Å²) in [5, 5.41) is 7.85. The van der Waals surface area contributed by atoms with Crippen molar-refractivity contribution in [1.29, 1.82) is 0 Å². The fraction of sp³-hybridized carbons (Fsp3) is 0.381. The number of aromatic nitrogens is 3. The standard InChI is InChI=1S/C21H22Cl2N4O2S/c1-26-11-14(10-24-26)4-7-20(28)27(12-16-3-2-8-29-16)21-25-19(13-30-21)17-6-5-15(22)9-18(17)23/h5-6,9-11,13,16H,2-4,7-8,12H2,1H3. The molecule has 1 aromatic carbocycles. The molecule has 4 rings (SSSR count). The first-order valence-electron chi connectivity index (χ1n) is 9.80. The minimum Gasteiger partial charge on any atom is -0.376 e. The average molecular weight is 465 g/mol. The third-order valence-corrected chi connectivity index (χ3v) is 6.44. The Balaban J connectivity index is 1.54. The number of nitrogens with zero attached hydrogens (tertiary/aromatic N) is 4. The number of halogens is 2. The summed E-state index contributed by atoms with van der Waals surface area (Å²) in [5.41, 5.74) is 2.56. The van der Waals surface area contributed by atoms with Gasteiger partial charge in [-0.3, -0.25) is 14.4 Å². The van der Waals surface area contributed by atoms with E-state index in [9.17, 15) is 4.79 Å². The molecule has 1 unspecified atom stereocenters. The third-order valence-electron chi connectivity index (χ3n) is 5.03. The smallest absolute Gasteiger partial charge is 0.229 e. The molecule has 6 nitrogen and oxygen atoms in total. The van der Waals surface area contributed by atoms with Crippen LogP contribution in [0.25, 0.3) is 11.3 Å². The van der Waals surface area contributed by atoms with E-state index in [4.69, 9.17) is 32.9 Å². The molecule has 0 radical (unpaired) electrons. The van der Waals surface area contributed by atoms with E-state index >= 15 is 0 Å². The van der Waals surface area contributed by atoms with Crippen LogP contribution in [0, 0.1) is 0 Å². The molecule has 1 fully saturated rings. The van der Waals surface area contributed by atoms with Crippen molar-refractivity contribution < 1.29 is 9.53 Å². The van der Waals surface area contributed by atoms with E-state index in [1.54, 1.807) is 27.9 Å². The SMILES string of the molecule is Cn1cc(CCC(=O)N(CC2CCCO2)c2nc(-c3ccc(Cl)cc3Cl)cs2)cn1. The molecular formula is C21H22Cl2N4O2S. The topological polar surface area (TPSA) is 60.2 Å². The van der Waals surface area contributed by atoms with Gasteiger partial charge in [-0.1, -0.05) is 23.2 Å². The normalized spacial score (nSPS) is 16.2. The van der Waals surface area contributed by atoms with Gasteiger partial charge < -0.3 is 4.74 Å². The van der Waals surface area contributed by atoms with Gasteiger partial charge in [-0.15, -0.1) is 11.3 Å². The van der Waals surface area contributed by atoms with E-state index in [1.165, 1.54) is 11.3 Å². The number of thiazole rings is 1. The monoisotopic (exact) mass is 464 g/mol. The minimum atomic E-state index is 0.0254. The van der Waals surface area contributed by atoms with Crippen LogP contribution in [0.5, 0.6) is 0 Å². The van der Waals surface area contributed by atoms with Gasteiger partial charge in [0.1, 0.15) is 0 Å². The summed E-state index contributed by atoms with van der Waals surface area (Å²) in [7, 11) is 1.87. The first kappa shape index (κ1) is 21.3. The average Bonchev–Trinajstić information content (AvgIpc) is 3.46. The van der Waals surface area contributed by atoms with E-state index in [2.05, 4.69) is 5.10 Å². The third kappa shape index (κ3) is 5.03. The van der Waals surface area contributed by atoms with Gasteiger partial charge in [0.2, 0.25) is 5.91 Å². The van der Waals surface area contributed by atoms with Crippen LogP contribution >= 0.6 is 34.5 Å². The lowest BCUT2D eigenvalue weighted by molar-refractivity contribution is -0.119. The van der Waals surface area contributed by atoms with E-state index < -0.39 is 0 Å². The summed E-state index contributed by atoms with van der Waals surface area (Å²) in [6.45, 7) is 1.25. The summed E-state index contributed by atoms with van der Waals surface area (Å²) in [6, 6.07) is 5.32. The fourth-order valence-electron chi connectivity index (χ4n) is 3.47. The first-order chi connectivity index (χ1) is 14.5. The zero-order chi connectivity index (χ0) is 21.1. The molecule has 0 N–H and O–H groups in total. The largest absolute Gasteiger partial charge is 0.376 e.